The Labute approximate surface area is 90.0 Å². The fourth-order valence-corrected chi connectivity index (χ4v) is 1.37. The monoisotopic (exact) mass is 217 g/mol. The SMILES string of the molecule is C=C[C@H](N)c1ccc(Cl)cc1C.Cl. The molecular weight excluding hydrogens is 205 g/mol. The maximum atomic E-state index is 5.80. The number of halogens is 2. The van der Waals surface area contributed by atoms with Crippen molar-refractivity contribution in [3.8, 4) is 0 Å². The van der Waals surface area contributed by atoms with Crippen LogP contribution in [-0.4, -0.2) is 0 Å². The van der Waals surface area contributed by atoms with E-state index in [0.717, 1.165) is 16.1 Å². The van der Waals surface area contributed by atoms with Gasteiger partial charge in [-0.25, -0.2) is 0 Å². The second-order valence-corrected chi connectivity index (χ2v) is 3.20. The van der Waals surface area contributed by atoms with E-state index in [9.17, 15) is 0 Å². The minimum Gasteiger partial charge on any atom is -0.321 e. The van der Waals surface area contributed by atoms with Gasteiger partial charge in [0.2, 0.25) is 0 Å². The largest absolute Gasteiger partial charge is 0.321 e. The molecule has 0 bridgehead atoms. The van der Waals surface area contributed by atoms with Crippen LogP contribution in [0.25, 0.3) is 0 Å². The zero-order valence-electron chi connectivity index (χ0n) is 7.46. The molecule has 0 heterocycles. The van der Waals surface area contributed by atoms with Crippen LogP contribution < -0.4 is 5.73 Å². The lowest BCUT2D eigenvalue weighted by molar-refractivity contribution is 0.902. The normalized spacial score (nSPS) is 11.6. The van der Waals surface area contributed by atoms with E-state index in [-0.39, 0.29) is 18.4 Å². The molecule has 72 valence electrons. The molecule has 1 rings (SSSR count). The summed E-state index contributed by atoms with van der Waals surface area (Å²) in [6.07, 6.45) is 1.72. The summed E-state index contributed by atoms with van der Waals surface area (Å²) in [6.45, 7) is 5.63. The van der Waals surface area contributed by atoms with Gasteiger partial charge in [0.15, 0.2) is 0 Å². The minimum atomic E-state index is -0.0951. The maximum Gasteiger partial charge on any atom is 0.0481 e. The summed E-state index contributed by atoms with van der Waals surface area (Å²) in [6, 6.07) is 5.58. The molecule has 1 atom stereocenters. The van der Waals surface area contributed by atoms with Crippen LogP contribution in [0.1, 0.15) is 17.2 Å². The Kier molecular flexibility index (Phi) is 5.07. The van der Waals surface area contributed by atoms with Crippen molar-refractivity contribution in [2.24, 2.45) is 5.73 Å². The van der Waals surface area contributed by atoms with E-state index >= 15 is 0 Å². The van der Waals surface area contributed by atoms with Gasteiger partial charge in [-0.15, -0.1) is 19.0 Å². The summed E-state index contributed by atoms with van der Waals surface area (Å²) >= 11 is 5.80. The predicted molar refractivity (Wildman–Crippen MR) is 60.6 cm³/mol. The van der Waals surface area contributed by atoms with Crippen LogP contribution in [0.2, 0.25) is 5.02 Å². The zero-order chi connectivity index (χ0) is 9.14. The molecule has 0 unspecified atom stereocenters. The molecule has 0 amide bonds. The standard InChI is InChI=1S/C10H12ClN.ClH/c1-3-10(12)9-5-4-8(11)6-7(9)2;/h3-6,10H,1,12H2,2H3;1H/t10-;/m0./s1. The van der Waals surface area contributed by atoms with E-state index < -0.39 is 0 Å². The van der Waals surface area contributed by atoms with Crippen LogP contribution in [0, 0.1) is 6.92 Å². The van der Waals surface area contributed by atoms with E-state index in [1.165, 1.54) is 0 Å². The Morgan fingerprint density at radius 3 is 2.62 bits per heavy atom. The predicted octanol–water partition coefficient (Wildman–Crippen LogP) is 3.26. The fourth-order valence-electron chi connectivity index (χ4n) is 1.14. The summed E-state index contributed by atoms with van der Waals surface area (Å²) in [4.78, 5) is 0. The highest BCUT2D eigenvalue weighted by Gasteiger charge is 2.04. The van der Waals surface area contributed by atoms with Gasteiger partial charge in [-0.05, 0) is 30.2 Å². The van der Waals surface area contributed by atoms with E-state index in [4.69, 9.17) is 17.3 Å². The number of hydrogen-bond donors (Lipinski definition) is 1. The van der Waals surface area contributed by atoms with Crippen molar-refractivity contribution >= 4 is 24.0 Å². The smallest absolute Gasteiger partial charge is 0.0481 e. The summed E-state index contributed by atoms with van der Waals surface area (Å²) in [5, 5.41) is 0.743. The molecule has 0 spiro atoms. The number of benzene rings is 1. The number of rotatable bonds is 2. The highest BCUT2D eigenvalue weighted by atomic mass is 35.5. The van der Waals surface area contributed by atoms with Gasteiger partial charge in [-0.2, -0.15) is 0 Å². The lowest BCUT2D eigenvalue weighted by atomic mass is 10.0. The van der Waals surface area contributed by atoms with E-state index in [2.05, 4.69) is 6.58 Å². The second kappa shape index (κ2) is 5.28. The third-order valence-electron chi connectivity index (χ3n) is 1.84. The van der Waals surface area contributed by atoms with Gasteiger partial charge >= 0.3 is 0 Å². The molecule has 1 nitrogen and oxygen atoms in total. The van der Waals surface area contributed by atoms with Gasteiger partial charge in [0.05, 0.1) is 0 Å². The molecule has 3 heteroatoms. The summed E-state index contributed by atoms with van der Waals surface area (Å²) < 4.78 is 0. The van der Waals surface area contributed by atoms with Gasteiger partial charge < -0.3 is 5.73 Å². The van der Waals surface area contributed by atoms with E-state index in [0.29, 0.717) is 0 Å². The van der Waals surface area contributed by atoms with Crippen LogP contribution in [-0.2, 0) is 0 Å². The first-order chi connectivity index (χ1) is 5.65. The van der Waals surface area contributed by atoms with E-state index in [1.807, 2.05) is 25.1 Å². The first-order valence-electron chi connectivity index (χ1n) is 3.79. The molecule has 0 aromatic heterocycles. The quantitative estimate of drug-likeness (QED) is 0.757. The third kappa shape index (κ3) is 3.03. The molecule has 0 fully saturated rings. The third-order valence-corrected chi connectivity index (χ3v) is 2.08. The Morgan fingerprint density at radius 1 is 1.54 bits per heavy atom. The molecular formula is C10H13Cl2N. The molecule has 0 saturated carbocycles. The van der Waals surface area contributed by atoms with Gasteiger partial charge in [0, 0.05) is 11.1 Å². The zero-order valence-corrected chi connectivity index (χ0v) is 9.03. The molecule has 1 aromatic carbocycles. The van der Waals surface area contributed by atoms with E-state index in [1.54, 1.807) is 6.08 Å². The van der Waals surface area contributed by atoms with Crippen molar-refractivity contribution in [3.05, 3.63) is 47.0 Å². The Balaban J connectivity index is 0.00000144. The molecule has 2 N–H and O–H groups in total. The van der Waals surface area contributed by atoms with Crippen molar-refractivity contribution in [2.75, 3.05) is 0 Å². The van der Waals surface area contributed by atoms with Crippen LogP contribution >= 0.6 is 24.0 Å². The number of hydrogen-bond acceptors (Lipinski definition) is 1. The first-order valence-corrected chi connectivity index (χ1v) is 4.17. The lowest BCUT2D eigenvalue weighted by Crippen LogP contribution is -2.07. The van der Waals surface area contributed by atoms with Crippen molar-refractivity contribution < 1.29 is 0 Å². The summed E-state index contributed by atoms with van der Waals surface area (Å²) in [7, 11) is 0. The molecule has 0 saturated heterocycles. The van der Waals surface area contributed by atoms with Crippen molar-refractivity contribution in [3.63, 3.8) is 0 Å². The topological polar surface area (TPSA) is 26.0 Å². The molecule has 0 aliphatic rings. The van der Waals surface area contributed by atoms with Crippen LogP contribution in [0.5, 0.6) is 0 Å². The maximum absolute atomic E-state index is 5.80. The highest BCUT2D eigenvalue weighted by molar-refractivity contribution is 6.30. The van der Waals surface area contributed by atoms with Crippen LogP contribution in [0.4, 0.5) is 0 Å². The molecule has 1 aromatic rings. The number of nitrogens with two attached hydrogens (primary N) is 1. The van der Waals surface area contributed by atoms with Crippen LogP contribution in [0.15, 0.2) is 30.9 Å². The second-order valence-electron chi connectivity index (χ2n) is 2.76. The van der Waals surface area contributed by atoms with Gasteiger partial charge in [-0.1, -0.05) is 23.7 Å². The van der Waals surface area contributed by atoms with Gasteiger partial charge in [-0.3, -0.25) is 0 Å². The van der Waals surface area contributed by atoms with Crippen molar-refractivity contribution in [1.82, 2.24) is 0 Å². The number of aryl methyl sites for hydroxylation is 1. The highest BCUT2D eigenvalue weighted by Crippen LogP contribution is 2.20. The Hall–Kier alpha value is -0.500. The molecule has 13 heavy (non-hydrogen) atoms. The average molecular weight is 218 g/mol. The Morgan fingerprint density at radius 2 is 2.15 bits per heavy atom. The summed E-state index contributed by atoms with van der Waals surface area (Å²) in [5.74, 6) is 0. The fraction of sp³-hybridized carbons (Fsp3) is 0.200. The molecule has 0 aliphatic carbocycles. The van der Waals surface area contributed by atoms with Crippen molar-refractivity contribution in [1.29, 1.82) is 0 Å². The molecule has 0 aliphatic heterocycles. The van der Waals surface area contributed by atoms with Gasteiger partial charge in [0.1, 0.15) is 0 Å². The first kappa shape index (κ1) is 12.5. The summed E-state index contributed by atoms with van der Waals surface area (Å²) in [5.41, 5.74) is 7.97. The van der Waals surface area contributed by atoms with Crippen molar-refractivity contribution in [2.45, 2.75) is 13.0 Å². The average Bonchev–Trinajstić information content (AvgIpc) is 2.03. The van der Waals surface area contributed by atoms with Gasteiger partial charge in [0.25, 0.3) is 0 Å². The Bertz CT molecular complexity index is 297. The lowest BCUT2D eigenvalue weighted by Gasteiger charge is -2.09. The minimum absolute atomic E-state index is 0. The molecule has 0 radical (unpaired) electrons. The van der Waals surface area contributed by atoms with Crippen LogP contribution in [0.3, 0.4) is 0 Å².